The van der Waals surface area contributed by atoms with Gasteiger partial charge in [0, 0.05) is 48.0 Å². The van der Waals surface area contributed by atoms with Gasteiger partial charge in [-0.25, -0.2) is 0 Å². The van der Waals surface area contributed by atoms with Crippen LogP contribution in [0.4, 0.5) is 0 Å². The third-order valence-electron chi connectivity index (χ3n) is 6.96. The second kappa shape index (κ2) is 10.1. The highest BCUT2D eigenvalue weighted by atomic mass is 16.3. The summed E-state index contributed by atoms with van der Waals surface area (Å²) < 4.78 is 0. The Balaban J connectivity index is 1.68. The predicted molar refractivity (Wildman–Crippen MR) is 151 cm³/mol. The maximum atomic E-state index is 11.4. The maximum absolute atomic E-state index is 11.4. The lowest BCUT2D eigenvalue weighted by Crippen LogP contribution is -2.27. The van der Waals surface area contributed by atoms with E-state index in [-0.39, 0.29) is 10.8 Å². The van der Waals surface area contributed by atoms with Gasteiger partial charge in [0.1, 0.15) is 5.75 Å². The van der Waals surface area contributed by atoms with Gasteiger partial charge in [-0.05, 0) is 59.1 Å². The highest BCUT2D eigenvalue weighted by Crippen LogP contribution is 2.38. The number of para-hydroxylation sites is 1. The molecule has 2 aromatic heterocycles. The lowest BCUT2D eigenvalue weighted by Gasteiger charge is -2.29. The zero-order chi connectivity index (χ0) is 26.1. The van der Waals surface area contributed by atoms with E-state index in [0.29, 0.717) is 12.3 Å². The molecule has 36 heavy (non-hydrogen) atoms. The SMILES string of the molecule is Cc1cccc(CN(CCc2c[nH]c3ccccc23)Cc2cc(C(C)(C)C)cc(C(C)(C)C)c2O)n1. The summed E-state index contributed by atoms with van der Waals surface area (Å²) in [7, 11) is 0. The molecule has 4 rings (SSSR count). The number of aryl methyl sites for hydroxylation is 1. The number of aromatic hydroxyl groups is 1. The normalized spacial score (nSPS) is 12.6. The summed E-state index contributed by atoms with van der Waals surface area (Å²) in [4.78, 5) is 10.6. The number of aromatic nitrogens is 2. The number of aromatic amines is 1. The van der Waals surface area contributed by atoms with E-state index in [1.807, 2.05) is 13.0 Å². The summed E-state index contributed by atoms with van der Waals surface area (Å²) in [6.45, 7) is 17.5. The van der Waals surface area contributed by atoms with E-state index in [0.717, 1.165) is 42.0 Å². The number of hydrogen-bond donors (Lipinski definition) is 2. The largest absolute Gasteiger partial charge is 0.507 e. The van der Waals surface area contributed by atoms with Crippen LogP contribution in [0.1, 0.15) is 75.2 Å². The van der Waals surface area contributed by atoms with Gasteiger partial charge in [0.2, 0.25) is 0 Å². The van der Waals surface area contributed by atoms with Crippen LogP contribution in [0.25, 0.3) is 10.9 Å². The average Bonchev–Trinajstić information content (AvgIpc) is 3.20. The van der Waals surface area contributed by atoms with E-state index in [9.17, 15) is 5.11 Å². The monoisotopic (exact) mass is 483 g/mol. The maximum Gasteiger partial charge on any atom is 0.123 e. The van der Waals surface area contributed by atoms with Crippen LogP contribution in [-0.2, 0) is 30.3 Å². The van der Waals surface area contributed by atoms with Gasteiger partial charge in [0.05, 0.1) is 5.69 Å². The lowest BCUT2D eigenvalue weighted by molar-refractivity contribution is 0.252. The van der Waals surface area contributed by atoms with E-state index < -0.39 is 0 Å². The Hall–Kier alpha value is -3.11. The molecule has 0 saturated heterocycles. The first kappa shape index (κ1) is 26.0. The molecule has 0 aliphatic carbocycles. The molecule has 4 heteroatoms. The first-order valence-electron chi connectivity index (χ1n) is 13.0. The van der Waals surface area contributed by atoms with Crippen LogP contribution in [-0.4, -0.2) is 26.5 Å². The first-order chi connectivity index (χ1) is 16.9. The van der Waals surface area contributed by atoms with Crippen LogP contribution in [0.3, 0.4) is 0 Å². The predicted octanol–water partition coefficient (Wildman–Crippen LogP) is 7.42. The van der Waals surface area contributed by atoms with Gasteiger partial charge >= 0.3 is 0 Å². The van der Waals surface area contributed by atoms with E-state index >= 15 is 0 Å². The number of phenolic OH excluding ortho intramolecular Hbond substituents is 1. The van der Waals surface area contributed by atoms with Crippen molar-refractivity contribution in [1.29, 1.82) is 0 Å². The number of nitrogens with zero attached hydrogens (tertiary/aromatic N) is 2. The van der Waals surface area contributed by atoms with Crippen molar-refractivity contribution in [3.8, 4) is 5.75 Å². The van der Waals surface area contributed by atoms with E-state index in [1.165, 1.54) is 22.0 Å². The van der Waals surface area contributed by atoms with Crippen LogP contribution >= 0.6 is 0 Å². The summed E-state index contributed by atoms with van der Waals surface area (Å²) in [5.41, 5.74) is 7.66. The van der Waals surface area contributed by atoms with Gasteiger partial charge in [-0.3, -0.25) is 9.88 Å². The fourth-order valence-corrected chi connectivity index (χ4v) is 4.81. The van der Waals surface area contributed by atoms with Crippen LogP contribution in [0.2, 0.25) is 0 Å². The number of benzene rings is 2. The molecule has 190 valence electrons. The molecule has 0 bridgehead atoms. The van der Waals surface area contributed by atoms with Crippen molar-refractivity contribution < 1.29 is 5.11 Å². The Bertz CT molecular complexity index is 1340. The third kappa shape index (κ3) is 5.99. The molecule has 2 N–H and O–H groups in total. The van der Waals surface area contributed by atoms with Crippen LogP contribution in [0, 0.1) is 6.92 Å². The summed E-state index contributed by atoms with van der Waals surface area (Å²) in [6, 6.07) is 19.1. The van der Waals surface area contributed by atoms with Crippen molar-refractivity contribution in [2.24, 2.45) is 0 Å². The minimum absolute atomic E-state index is 0.00455. The van der Waals surface area contributed by atoms with Gasteiger partial charge < -0.3 is 10.1 Å². The minimum Gasteiger partial charge on any atom is -0.507 e. The lowest BCUT2D eigenvalue weighted by atomic mass is 9.79. The molecular formula is C32H41N3O. The van der Waals surface area contributed by atoms with E-state index in [4.69, 9.17) is 4.98 Å². The van der Waals surface area contributed by atoms with Crippen molar-refractivity contribution in [3.05, 3.63) is 94.4 Å². The second-order valence-electron chi connectivity index (χ2n) is 12.1. The van der Waals surface area contributed by atoms with Gasteiger partial charge in [0.15, 0.2) is 0 Å². The topological polar surface area (TPSA) is 52.2 Å². The van der Waals surface area contributed by atoms with Crippen molar-refractivity contribution in [2.45, 2.75) is 78.8 Å². The summed E-state index contributed by atoms with van der Waals surface area (Å²) in [5, 5.41) is 12.7. The molecule has 0 atom stereocenters. The van der Waals surface area contributed by atoms with E-state index in [2.05, 4.69) is 106 Å². The van der Waals surface area contributed by atoms with Crippen molar-refractivity contribution >= 4 is 10.9 Å². The molecule has 2 heterocycles. The number of nitrogens with one attached hydrogen (secondary N) is 1. The number of pyridine rings is 1. The number of H-pyrrole nitrogens is 1. The first-order valence-corrected chi connectivity index (χ1v) is 13.0. The van der Waals surface area contributed by atoms with Gasteiger partial charge in [-0.15, -0.1) is 0 Å². The Kier molecular flexibility index (Phi) is 7.28. The molecular weight excluding hydrogens is 442 g/mol. The molecule has 0 aliphatic rings. The average molecular weight is 484 g/mol. The van der Waals surface area contributed by atoms with Gasteiger partial charge in [0.25, 0.3) is 0 Å². The molecule has 0 fully saturated rings. The molecule has 0 radical (unpaired) electrons. The fraction of sp³-hybridized carbons (Fsp3) is 0.406. The van der Waals surface area contributed by atoms with E-state index in [1.54, 1.807) is 0 Å². The second-order valence-corrected chi connectivity index (χ2v) is 12.1. The van der Waals surface area contributed by atoms with Gasteiger partial charge in [-0.1, -0.05) is 77.9 Å². The zero-order valence-corrected chi connectivity index (χ0v) is 22.9. The zero-order valence-electron chi connectivity index (χ0n) is 22.9. The minimum atomic E-state index is -0.146. The molecule has 0 aliphatic heterocycles. The van der Waals surface area contributed by atoms with Crippen LogP contribution < -0.4 is 0 Å². The Labute approximate surface area is 216 Å². The summed E-state index contributed by atoms with van der Waals surface area (Å²) in [5.74, 6) is 0.421. The molecule has 4 aromatic rings. The number of fused-ring (bicyclic) bond motifs is 1. The highest BCUT2D eigenvalue weighted by Gasteiger charge is 2.26. The quantitative estimate of drug-likeness (QED) is 0.288. The Morgan fingerprint density at radius 2 is 1.61 bits per heavy atom. The molecule has 0 spiro atoms. The molecule has 4 nitrogen and oxygen atoms in total. The molecule has 2 aromatic carbocycles. The number of hydrogen-bond acceptors (Lipinski definition) is 3. The highest BCUT2D eigenvalue weighted by molar-refractivity contribution is 5.83. The Morgan fingerprint density at radius 1 is 0.861 bits per heavy atom. The van der Waals surface area contributed by atoms with Crippen LogP contribution in [0.5, 0.6) is 5.75 Å². The van der Waals surface area contributed by atoms with Crippen LogP contribution in [0.15, 0.2) is 60.8 Å². The summed E-state index contributed by atoms with van der Waals surface area (Å²) >= 11 is 0. The third-order valence-corrected chi connectivity index (χ3v) is 6.96. The number of rotatable bonds is 7. The standard InChI is InChI=1S/C32H41N3O/c1-22-11-10-12-26(34-22)21-35(16-15-23-19-33-29-14-9-8-13-27(23)29)20-24-17-25(31(2,3)4)18-28(30(24)36)32(5,6)7/h8-14,17-19,33,36H,15-16,20-21H2,1-7H3. The van der Waals surface area contributed by atoms with Crippen molar-refractivity contribution in [1.82, 2.24) is 14.9 Å². The molecule has 0 unspecified atom stereocenters. The molecule has 0 amide bonds. The summed E-state index contributed by atoms with van der Waals surface area (Å²) in [6.07, 6.45) is 3.05. The van der Waals surface area contributed by atoms with Crippen molar-refractivity contribution in [2.75, 3.05) is 6.54 Å². The fourth-order valence-electron chi connectivity index (χ4n) is 4.81. The van der Waals surface area contributed by atoms with Crippen molar-refractivity contribution in [3.63, 3.8) is 0 Å². The smallest absolute Gasteiger partial charge is 0.123 e. The number of phenols is 1. The molecule has 0 saturated carbocycles. The Morgan fingerprint density at radius 3 is 2.31 bits per heavy atom. The van der Waals surface area contributed by atoms with Gasteiger partial charge in [-0.2, -0.15) is 0 Å².